The summed E-state index contributed by atoms with van der Waals surface area (Å²) in [5.74, 6) is -1.84. The summed E-state index contributed by atoms with van der Waals surface area (Å²) in [5.41, 5.74) is -0.655. The summed E-state index contributed by atoms with van der Waals surface area (Å²) in [5, 5.41) is 8.79. The molecule has 0 radical (unpaired) electrons. The molecule has 3 nitrogen and oxygen atoms in total. The zero-order valence-corrected chi connectivity index (χ0v) is 11.5. The summed E-state index contributed by atoms with van der Waals surface area (Å²) in [6, 6.07) is 4.29. The van der Waals surface area contributed by atoms with Gasteiger partial charge in [-0.1, -0.05) is 23.7 Å². The molecular weight excluding hydrogens is 368 g/mol. The first-order chi connectivity index (χ1) is 8.30. The second-order valence-electron chi connectivity index (χ2n) is 3.60. The normalized spacial score (nSPS) is 14.6. The topological polar surface area (TPSA) is 46.5 Å². The summed E-state index contributed by atoms with van der Waals surface area (Å²) in [4.78, 5) is 10.8. The molecule has 1 aliphatic rings. The Morgan fingerprint density at radius 2 is 1.65 bits per heavy atom. The Hall–Kier alpha value is -2.04. The number of halogens is 9. The minimum atomic E-state index is -4.82. The van der Waals surface area contributed by atoms with E-state index < -0.39 is 23.8 Å². The van der Waals surface area contributed by atoms with Crippen molar-refractivity contribution in [3.63, 3.8) is 0 Å². The van der Waals surface area contributed by atoms with Gasteiger partial charge in [-0.2, -0.15) is 13.2 Å². The number of carboxylic acids is 1. The lowest BCUT2D eigenvalue weighted by Crippen LogP contribution is -2.40. The third-order valence-corrected chi connectivity index (χ3v) is 2.67. The summed E-state index contributed by atoms with van der Waals surface area (Å²) >= 11 is 5.72. The Bertz CT molecular complexity index is 547. The molecule has 1 N–H and O–H groups in total. The SMILES string of the molecule is F.F.F.F.F.O=C(O)C1=Cc2cccc(Cl)c2OC1C(F)(F)F. The maximum Gasteiger partial charge on any atom is 0.430 e. The van der Waals surface area contributed by atoms with E-state index in [1.54, 1.807) is 0 Å². The molecule has 0 saturated carbocycles. The first kappa shape index (κ1) is 29.0. The smallest absolute Gasteiger partial charge is 0.430 e. The van der Waals surface area contributed by atoms with Crippen molar-refractivity contribution in [3.8, 4) is 5.75 Å². The second-order valence-corrected chi connectivity index (χ2v) is 4.01. The number of para-hydroxylation sites is 1. The van der Waals surface area contributed by atoms with Crippen molar-refractivity contribution in [1.29, 1.82) is 0 Å². The van der Waals surface area contributed by atoms with E-state index in [0.717, 1.165) is 6.08 Å². The molecule has 12 heteroatoms. The maximum atomic E-state index is 12.7. The van der Waals surface area contributed by atoms with Crippen LogP contribution in [0.1, 0.15) is 5.56 Å². The highest BCUT2D eigenvalue weighted by atomic mass is 35.5. The number of carbonyl (C=O) groups is 1. The number of fused-ring (bicyclic) bond motifs is 1. The molecular formula is C11H11ClF8O3. The molecule has 0 fully saturated rings. The maximum absolute atomic E-state index is 12.7. The zero-order chi connectivity index (χ0) is 13.5. The van der Waals surface area contributed by atoms with Crippen molar-refractivity contribution < 1.29 is 51.3 Å². The Kier molecular flexibility index (Phi) is 12.5. The molecule has 0 bridgehead atoms. The monoisotopic (exact) mass is 378 g/mol. The Morgan fingerprint density at radius 3 is 2.09 bits per heavy atom. The fourth-order valence-electron chi connectivity index (χ4n) is 1.61. The lowest BCUT2D eigenvalue weighted by Gasteiger charge is -2.27. The van der Waals surface area contributed by atoms with Gasteiger partial charge in [0.15, 0.2) is 0 Å². The highest BCUT2D eigenvalue weighted by Gasteiger charge is 2.48. The van der Waals surface area contributed by atoms with Crippen LogP contribution in [0.15, 0.2) is 23.8 Å². The van der Waals surface area contributed by atoms with Crippen LogP contribution in [0.25, 0.3) is 6.08 Å². The summed E-state index contributed by atoms with van der Waals surface area (Å²) in [7, 11) is 0. The molecule has 0 amide bonds. The Labute approximate surface area is 128 Å². The number of carboxylic acid groups (broad SMARTS) is 1. The number of aliphatic carboxylic acids is 1. The van der Waals surface area contributed by atoms with Crippen LogP contribution in [0.3, 0.4) is 0 Å². The predicted molar refractivity (Wildman–Crippen MR) is 70.1 cm³/mol. The van der Waals surface area contributed by atoms with Crippen molar-refractivity contribution in [1.82, 2.24) is 0 Å². The van der Waals surface area contributed by atoms with E-state index in [9.17, 15) is 18.0 Å². The highest BCUT2D eigenvalue weighted by Crippen LogP contribution is 2.40. The number of rotatable bonds is 1. The fourth-order valence-corrected chi connectivity index (χ4v) is 1.83. The predicted octanol–water partition coefficient (Wildman–Crippen LogP) is 3.89. The largest absolute Gasteiger partial charge is 0.478 e. The first-order valence-corrected chi connectivity index (χ1v) is 5.15. The molecule has 0 aliphatic carbocycles. The van der Waals surface area contributed by atoms with E-state index in [-0.39, 0.29) is 39.9 Å². The molecule has 1 unspecified atom stereocenters. The highest BCUT2D eigenvalue weighted by molar-refractivity contribution is 6.32. The molecule has 1 heterocycles. The van der Waals surface area contributed by atoms with Crippen molar-refractivity contribution in [2.45, 2.75) is 12.3 Å². The molecule has 1 aromatic carbocycles. The number of hydrogen-bond donors (Lipinski definition) is 1. The quantitative estimate of drug-likeness (QED) is 0.754. The van der Waals surface area contributed by atoms with E-state index in [2.05, 4.69) is 0 Å². The van der Waals surface area contributed by atoms with Crippen LogP contribution in [0.4, 0.5) is 36.7 Å². The lowest BCUT2D eigenvalue weighted by molar-refractivity contribution is -0.187. The number of alkyl halides is 3. The number of hydrogen-bond acceptors (Lipinski definition) is 2. The van der Waals surface area contributed by atoms with Gasteiger partial charge in [-0.05, 0) is 12.1 Å². The van der Waals surface area contributed by atoms with Gasteiger partial charge in [-0.25, -0.2) is 4.79 Å². The zero-order valence-electron chi connectivity index (χ0n) is 10.7. The number of benzene rings is 1. The van der Waals surface area contributed by atoms with Crippen LogP contribution in [-0.2, 0) is 4.79 Å². The number of ether oxygens (including phenoxy) is 1. The second kappa shape index (κ2) is 9.87. The molecule has 0 aromatic heterocycles. The molecule has 23 heavy (non-hydrogen) atoms. The summed E-state index contributed by atoms with van der Waals surface area (Å²) < 4.78 is 42.8. The molecule has 0 spiro atoms. The van der Waals surface area contributed by atoms with E-state index in [1.807, 2.05) is 0 Å². The third kappa shape index (κ3) is 5.58. The van der Waals surface area contributed by atoms with E-state index in [0.29, 0.717) is 0 Å². The van der Waals surface area contributed by atoms with Gasteiger partial charge < -0.3 is 9.84 Å². The van der Waals surface area contributed by atoms with Gasteiger partial charge in [0.25, 0.3) is 0 Å². The average Bonchev–Trinajstić information content (AvgIpc) is 2.26. The van der Waals surface area contributed by atoms with E-state index >= 15 is 0 Å². The third-order valence-electron chi connectivity index (χ3n) is 2.37. The van der Waals surface area contributed by atoms with Crippen molar-refractivity contribution in [3.05, 3.63) is 34.4 Å². The van der Waals surface area contributed by atoms with Gasteiger partial charge in [-0.3, -0.25) is 23.5 Å². The molecule has 1 aliphatic heterocycles. The van der Waals surface area contributed by atoms with Crippen molar-refractivity contribution >= 4 is 23.6 Å². The van der Waals surface area contributed by atoms with Gasteiger partial charge in [0.2, 0.25) is 6.10 Å². The minimum Gasteiger partial charge on any atom is -0.478 e. The van der Waals surface area contributed by atoms with E-state index in [4.69, 9.17) is 21.4 Å². The van der Waals surface area contributed by atoms with Crippen LogP contribution < -0.4 is 4.74 Å². The van der Waals surface area contributed by atoms with Crippen molar-refractivity contribution in [2.75, 3.05) is 0 Å². The fraction of sp³-hybridized carbons (Fsp3) is 0.182. The van der Waals surface area contributed by atoms with Gasteiger partial charge in [0.1, 0.15) is 5.75 Å². The molecule has 1 atom stereocenters. The Morgan fingerprint density at radius 1 is 1.13 bits per heavy atom. The molecule has 2 rings (SSSR count). The van der Waals surface area contributed by atoms with Crippen LogP contribution >= 0.6 is 11.6 Å². The summed E-state index contributed by atoms with van der Waals surface area (Å²) in [6.07, 6.45) is -6.41. The minimum absolute atomic E-state index is 0. The van der Waals surface area contributed by atoms with Gasteiger partial charge in [-0.15, -0.1) is 0 Å². The molecule has 0 saturated heterocycles. The van der Waals surface area contributed by atoms with Crippen LogP contribution in [0.5, 0.6) is 5.75 Å². The van der Waals surface area contributed by atoms with Gasteiger partial charge >= 0.3 is 12.1 Å². The van der Waals surface area contributed by atoms with Crippen LogP contribution in [0, 0.1) is 0 Å². The van der Waals surface area contributed by atoms with Gasteiger partial charge in [0, 0.05) is 5.56 Å². The Balaban J connectivity index is -0.000000361. The summed E-state index contributed by atoms with van der Waals surface area (Å²) in [6.45, 7) is 0. The van der Waals surface area contributed by atoms with E-state index in [1.165, 1.54) is 18.2 Å². The van der Waals surface area contributed by atoms with Crippen LogP contribution in [-0.4, -0.2) is 23.4 Å². The average molecular weight is 379 g/mol. The van der Waals surface area contributed by atoms with Gasteiger partial charge in [0.05, 0.1) is 10.6 Å². The molecule has 1 aromatic rings. The standard InChI is InChI=1S/C11H6ClF3O3.5FH/c12-7-3-1-2-5-4-6(10(16)17)9(11(13,14)15)18-8(5)7;;;;;/h1-4,9H,(H,16,17);5*1H. The van der Waals surface area contributed by atoms with Crippen LogP contribution in [0.2, 0.25) is 5.02 Å². The van der Waals surface area contributed by atoms with Crippen molar-refractivity contribution in [2.24, 2.45) is 0 Å². The lowest BCUT2D eigenvalue weighted by atomic mass is 10.0. The molecule has 136 valence electrons. The first-order valence-electron chi connectivity index (χ1n) is 4.77.